The summed E-state index contributed by atoms with van der Waals surface area (Å²) < 4.78 is 30.4. The van der Waals surface area contributed by atoms with Crippen molar-refractivity contribution in [3.8, 4) is 5.69 Å². The second-order valence-corrected chi connectivity index (χ2v) is 11.0. The molecule has 182 valence electrons. The lowest BCUT2D eigenvalue weighted by atomic mass is 10.2. The van der Waals surface area contributed by atoms with Crippen molar-refractivity contribution in [1.29, 1.82) is 0 Å². The Kier molecular flexibility index (Phi) is 7.62. The number of aromatic nitrogens is 2. The number of halogens is 2. The molecule has 0 saturated heterocycles. The molecule has 0 N–H and O–H groups in total. The first-order valence-corrected chi connectivity index (χ1v) is 13.5. The number of hydrogen-bond acceptors (Lipinski definition) is 4. The maximum absolute atomic E-state index is 13.8. The summed E-state index contributed by atoms with van der Waals surface area (Å²) in [6, 6.07) is 19.2. The summed E-state index contributed by atoms with van der Waals surface area (Å²) in [5.74, 6) is 0.324. The zero-order chi connectivity index (χ0) is 25.2. The van der Waals surface area contributed by atoms with Crippen LogP contribution in [0.3, 0.4) is 0 Å². The SMILES string of the molecule is CCCCN(C(C)c1nc2ccccc2c(=O)n1-c1ccc(Cl)cc1)S(=O)(=O)c1ccc(Cl)cc1. The summed E-state index contributed by atoms with van der Waals surface area (Å²) in [7, 11) is -3.91. The second-order valence-electron chi connectivity index (χ2n) is 8.20. The Morgan fingerprint density at radius 2 is 1.54 bits per heavy atom. The predicted molar refractivity (Wildman–Crippen MR) is 141 cm³/mol. The highest BCUT2D eigenvalue weighted by Gasteiger charge is 2.32. The van der Waals surface area contributed by atoms with E-state index in [1.807, 2.05) is 6.92 Å². The first-order valence-electron chi connectivity index (χ1n) is 11.3. The van der Waals surface area contributed by atoms with Gasteiger partial charge in [0.2, 0.25) is 10.0 Å². The molecule has 1 unspecified atom stereocenters. The molecule has 0 radical (unpaired) electrons. The van der Waals surface area contributed by atoms with E-state index in [1.54, 1.807) is 67.6 Å². The Bertz CT molecular complexity index is 1500. The molecule has 0 aliphatic rings. The number of benzene rings is 3. The summed E-state index contributed by atoms with van der Waals surface area (Å²) in [6.45, 7) is 4.02. The van der Waals surface area contributed by atoms with Crippen LogP contribution in [0.1, 0.15) is 38.6 Å². The van der Waals surface area contributed by atoms with Gasteiger partial charge in [0, 0.05) is 16.6 Å². The Morgan fingerprint density at radius 3 is 2.17 bits per heavy atom. The molecule has 6 nitrogen and oxygen atoms in total. The lowest BCUT2D eigenvalue weighted by Gasteiger charge is -2.29. The maximum atomic E-state index is 13.8. The van der Waals surface area contributed by atoms with Gasteiger partial charge in [-0.15, -0.1) is 0 Å². The van der Waals surface area contributed by atoms with Crippen LogP contribution < -0.4 is 5.56 Å². The Labute approximate surface area is 214 Å². The van der Waals surface area contributed by atoms with E-state index in [4.69, 9.17) is 28.2 Å². The van der Waals surface area contributed by atoms with Crippen molar-refractivity contribution in [2.45, 2.75) is 37.6 Å². The minimum atomic E-state index is -3.91. The predicted octanol–water partition coefficient (Wildman–Crippen LogP) is 6.24. The molecule has 9 heteroatoms. The van der Waals surface area contributed by atoms with Crippen LogP contribution in [0, 0.1) is 0 Å². The summed E-state index contributed by atoms with van der Waals surface area (Å²) in [4.78, 5) is 18.6. The standard InChI is InChI=1S/C26H25Cl2N3O3S/c1-3-4-17-30(35(33,34)22-15-11-20(28)12-16-22)18(2)25-29-24-8-6-5-7-23(24)26(32)31(25)21-13-9-19(27)10-14-21/h5-16,18H,3-4,17H2,1-2H3. The van der Waals surface area contributed by atoms with E-state index in [1.165, 1.54) is 21.0 Å². The highest BCUT2D eigenvalue weighted by atomic mass is 35.5. The van der Waals surface area contributed by atoms with Gasteiger partial charge < -0.3 is 0 Å². The molecule has 0 aliphatic heterocycles. The molecule has 4 aromatic rings. The van der Waals surface area contributed by atoms with Gasteiger partial charge in [0.15, 0.2) is 0 Å². The van der Waals surface area contributed by atoms with Gasteiger partial charge in [-0.2, -0.15) is 4.31 Å². The Balaban J connectivity index is 1.94. The largest absolute Gasteiger partial charge is 0.268 e. The number of nitrogens with zero attached hydrogens (tertiary/aromatic N) is 3. The van der Waals surface area contributed by atoms with Crippen LogP contribution in [-0.4, -0.2) is 28.8 Å². The third-order valence-corrected chi connectivity index (χ3v) is 8.33. The van der Waals surface area contributed by atoms with Crippen LogP contribution in [0.4, 0.5) is 0 Å². The van der Waals surface area contributed by atoms with Crippen molar-refractivity contribution >= 4 is 44.1 Å². The molecule has 1 atom stereocenters. The van der Waals surface area contributed by atoms with Crippen molar-refractivity contribution in [3.05, 3.63) is 99.0 Å². The molecule has 0 amide bonds. The molecular formula is C26H25Cl2N3O3S. The second kappa shape index (κ2) is 10.5. The molecule has 1 aromatic heterocycles. The van der Waals surface area contributed by atoms with Gasteiger partial charge >= 0.3 is 0 Å². The monoisotopic (exact) mass is 529 g/mol. The smallest absolute Gasteiger partial charge is 0.266 e. The molecule has 3 aromatic carbocycles. The third kappa shape index (κ3) is 5.14. The quantitative estimate of drug-likeness (QED) is 0.270. The van der Waals surface area contributed by atoms with Crippen LogP contribution in [0.2, 0.25) is 10.0 Å². The molecule has 0 bridgehead atoms. The van der Waals surface area contributed by atoms with E-state index in [2.05, 4.69) is 0 Å². The highest BCUT2D eigenvalue weighted by Crippen LogP contribution is 2.29. The number of rotatable bonds is 8. The summed E-state index contributed by atoms with van der Waals surface area (Å²) in [6.07, 6.45) is 1.45. The topological polar surface area (TPSA) is 72.3 Å². The average molecular weight is 530 g/mol. The van der Waals surface area contributed by atoms with Gasteiger partial charge in [0.05, 0.1) is 27.5 Å². The molecular weight excluding hydrogens is 505 g/mol. The molecule has 0 saturated carbocycles. The number of sulfonamides is 1. The fraction of sp³-hybridized carbons (Fsp3) is 0.231. The minimum Gasteiger partial charge on any atom is -0.268 e. The normalized spacial score (nSPS) is 12.8. The molecule has 4 rings (SSSR count). The minimum absolute atomic E-state index is 0.131. The van der Waals surface area contributed by atoms with Crippen LogP contribution >= 0.6 is 23.2 Å². The molecule has 0 aliphatic carbocycles. The highest BCUT2D eigenvalue weighted by molar-refractivity contribution is 7.89. The van der Waals surface area contributed by atoms with Crippen molar-refractivity contribution in [3.63, 3.8) is 0 Å². The van der Waals surface area contributed by atoms with Gasteiger partial charge in [-0.25, -0.2) is 13.4 Å². The van der Waals surface area contributed by atoms with Gasteiger partial charge in [-0.05, 0) is 74.0 Å². The van der Waals surface area contributed by atoms with Crippen LogP contribution in [0.25, 0.3) is 16.6 Å². The first-order chi connectivity index (χ1) is 16.7. The molecule has 35 heavy (non-hydrogen) atoms. The van der Waals surface area contributed by atoms with Crippen LogP contribution in [-0.2, 0) is 10.0 Å². The number of hydrogen-bond donors (Lipinski definition) is 0. The van der Waals surface area contributed by atoms with Crippen molar-refractivity contribution in [2.75, 3.05) is 6.54 Å². The zero-order valence-corrected chi connectivity index (χ0v) is 21.7. The molecule has 0 spiro atoms. The Hall–Kier alpha value is -2.71. The summed E-state index contributed by atoms with van der Waals surface area (Å²) >= 11 is 12.1. The van der Waals surface area contributed by atoms with E-state index in [0.29, 0.717) is 38.9 Å². The van der Waals surface area contributed by atoms with E-state index >= 15 is 0 Å². The summed E-state index contributed by atoms with van der Waals surface area (Å²) in [5.41, 5.74) is 0.779. The fourth-order valence-corrected chi connectivity index (χ4v) is 5.86. The van der Waals surface area contributed by atoms with E-state index < -0.39 is 16.1 Å². The lowest BCUT2D eigenvalue weighted by Crippen LogP contribution is -2.38. The number of fused-ring (bicyclic) bond motifs is 1. The van der Waals surface area contributed by atoms with Crippen molar-refractivity contribution in [1.82, 2.24) is 13.9 Å². The van der Waals surface area contributed by atoms with E-state index in [-0.39, 0.29) is 17.0 Å². The lowest BCUT2D eigenvalue weighted by molar-refractivity contribution is 0.322. The van der Waals surface area contributed by atoms with Gasteiger partial charge in [0.25, 0.3) is 5.56 Å². The third-order valence-electron chi connectivity index (χ3n) is 5.84. The molecule has 1 heterocycles. The number of unbranched alkanes of at least 4 members (excludes halogenated alkanes) is 1. The first kappa shape index (κ1) is 25.4. The Morgan fingerprint density at radius 1 is 0.943 bits per heavy atom. The molecule has 0 fully saturated rings. The zero-order valence-electron chi connectivity index (χ0n) is 19.4. The van der Waals surface area contributed by atoms with Gasteiger partial charge in [-0.1, -0.05) is 48.7 Å². The average Bonchev–Trinajstić information content (AvgIpc) is 2.85. The van der Waals surface area contributed by atoms with Crippen LogP contribution in [0.15, 0.2) is 82.5 Å². The van der Waals surface area contributed by atoms with E-state index in [0.717, 1.165) is 6.42 Å². The fourth-order valence-electron chi connectivity index (χ4n) is 3.98. The van der Waals surface area contributed by atoms with Gasteiger partial charge in [0.1, 0.15) is 5.82 Å². The van der Waals surface area contributed by atoms with Crippen molar-refractivity contribution in [2.24, 2.45) is 0 Å². The van der Waals surface area contributed by atoms with Gasteiger partial charge in [-0.3, -0.25) is 9.36 Å². The van der Waals surface area contributed by atoms with Crippen LogP contribution in [0.5, 0.6) is 0 Å². The summed E-state index contributed by atoms with van der Waals surface area (Å²) in [5, 5.41) is 1.42. The number of para-hydroxylation sites is 1. The van der Waals surface area contributed by atoms with Crippen molar-refractivity contribution < 1.29 is 8.42 Å². The maximum Gasteiger partial charge on any atom is 0.266 e. The van der Waals surface area contributed by atoms with E-state index in [9.17, 15) is 13.2 Å².